The van der Waals surface area contributed by atoms with E-state index in [1.54, 1.807) is 17.1 Å². The van der Waals surface area contributed by atoms with Crippen molar-refractivity contribution in [2.75, 3.05) is 0 Å². The fraction of sp³-hybridized carbons (Fsp3) is 0.0870. The Bertz CT molecular complexity index is 1040. The monoisotopic (exact) mass is 368 g/mol. The first-order valence-electron chi connectivity index (χ1n) is 9.14. The van der Waals surface area contributed by atoms with Crippen molar-refractivity contribution in [1.29, 1.82) is 0 Å². The number of nitrogens with one attached hydrogen (secondary N) is 1. The van der Waals surface area contributed by atoms with Crippen molar-refractivity contribution in [2.45, 2.75) is 13.0 Å². The first-order valence-corrected chi connectivity index (χ1v) is 9.14. The number of carbonyl (C=O) groups is 1. The summed E-state index contributed by atoms with van der Waals surface area (Å²) in [6.45, 7) is 0.407. The van der Waals surface area contributed by atoms with Gasteiger partial charge in [-0.05, 0) is 28.8 Å². The summed E-state index contributed by atoms with van der Waals surface area (Å²) in [7, 11) is 0. The van der Waals surface area contributed by atoms with Gasteiger partial charge < -0.3 is 5.32 Å². The lowest BCUT2D eigenvalue weighted by Crippen LogP contribution is -2.25. The second-order valence-electron chi connectivity index (χ2n) is 6.45. The van der Waals surface area contributed by atoms with Gasteiger partial charge in [-0.15, -0.1) is 0 Å². The van der Waals surface area contributed by atoms with Crippen molar-refractivity contribution < 1.29 is 4.79 Å². The Kier molecular flexibility index (Phi) is 5.24. The van der Waals surface area contributed by atoms with Crippen molar-refractivity contribution in [3.8, 4) is 16.9 Å². The molecule has 0 fully saturated rings. The molecule has 0 saturated heterocycles. The van der Waals surface area contributed by atoms with Crippen LogP contribution in [0, 0.1) is 0 Å². The molecule has 4 aromatic rings. The summed E-state index contributed by atoms with van der Waals surface area (Å²) in [5.41, 5.74) is 4.21. The first kappa shape index (κ1) is 17.7. The lowest BCUT2D eigenvalue weighted by atomic mass is 10.0. The normalized spacial score (nSPS) is 10.6. The van der Waals surface area contributed by atoms with E-state index in [4.69, 9.17) is 0 Å². The molecule has 138 valence electrons. The zero-order valence-corrected chi connectivity index (χ0v) is 15.3. The van der Waals surface area contributed by atoms with Crippen LogP contribution in [0.2, 0.25) is 0 Å². The largest absolute Gasteiger partial charge is 0.352 e. The second-order valence-corrected chi connectivity index (χ2v) is 6.45. The van der Waals surface area contributed by atoms with E-state index in [0.717, 1.165) is 22.5 Å². The molecule has 1 amide bonds. The quantitative estimate of drug-likeness (QED) is 0.563. The van der Waals surface area contributed by atoms with Crippen LogP contribution < -0.4 is 5.32 Å². The highest BCUT2D eigenvalue weighted by Gasteiger charge is 2.09. The molecule has 0 spiro atoms. The van der Waals surface area contributed by atoms with E-state index in [9.17, 15) is 4.79 Å². The van der Waals surface area contributed by atoms with Gasteiger partial charge in [-0.25, -0.2) is 9.67 Å². The highest BCUT2D eigenvalue weighted by Crippen LogP contribution is 2.19. The van der Waals surface area contributed by atoms with Gasteiger partial charge in [-0.1, -0.05) is 60.7 Å². The maximum Gasteiger partial charge on any atom is 0.224 e. The summed E-state index contributed by atoms with van der Waals surface area (Å²) in [6, 6.07) is 23.9. The molecule has 0 aliphatic carbocycles. The first-order chi connectivity index (χ1) is 13.8. The van der Waals surface area contributed by atoms with Crippen LogP contribution in [0.15, 0.2) is 91.4 Å². The summed E-state index contributed by atoms with van der Waals surface area (Å²) in [4.78, 5) is 16.8. The van der Waals surface area contributed by atoms with Gasteiger partial charge >= 0.3 is 0 Å². The Morgan fingerprint density at radius 3 is 2.39 bits per heavy atom. The van der Waals surface area contributed by atoms with Gasteiger partial charge in [0.25, 0.3) is 0 Å². The van der Waals surface area contributed by atoms with E-state index in [1.165, 1.54) is 5.56 Å². The molecule has 28 heavy (non-hydrogen) atoms. The Morgan fingerprint density at radius 2 is 1.64 bits per heavy atom. The number of pyridine rings is 1. The van der Waals surface area contributed by atoms with Crippen LogP contribution in [0.25, 0.3) is 16.9 Å². The SMILES string of the molecule is O=C(Cc1ccc(-c2ccccc2)cc1)NCc1cccnc1-n1cccn1. The van der Waals surface area contributed by atoms with Crippen LogP contribution in [0.4, 0.5) is 0 Å². The molecule has 0 bridgehead atoms. The third-order valence-corrected chi connectivity index (χ3v) is 4.49. The lowest BCUT2D eigenvalue weighted by molar-refractivity contribution is -0.120. The molecule has 1 N–H and O–H groups in total. The summed E-state index contributed by atoms with van der Waals surface area (Å²) >= 11 is 0. The molecule has 0 aliphatic rings. The zero-order chi connectivity index (χ0) is 19.2. The maximum absolute atomic E-state index is 12.4. The molecule has 5 heteroatoms. The third kappa shape index (κ3) is 4.15. The van der Waals surface area contributed by atoms with Gasteiger partial charge in [0.2, 0.25) is 5.91 Å². The number of aromatic nitrogens is 3. The number of benzene rings is 2. The highest BCUT2D eigenvalue weighted by molar-refractivity contribution is 5.79. The van der Waals surface area contributed by atoms with Crippen LogP contribution in [0.3, 0.4) is 0 Å². The molecule has 0 radical (unpaired) electrons. The van der Waals surface area contributed by atoms with Crippen molar-refractivity contribution >= 4 is 5.91 Å². The molecule has 4 rings (SSSR count). The summed E-state index contributed by atoms with van der Waals surface area (Å²) in [6.07, 6.45) is 5.60. The van der Waals surface area contributed by atoms with Crippen molar-refractivity contribution in [3.05, 3.63) is 103 Å². The van der Waals surface area contributed by atoms with E-state index in [2.05, 4.69) is 39.7 Å². The Labute approximate surface area is 163 Å². The Morgan fingerprint density at radius 1 is 0.857 bits per heavy atom. The average Bonchev–Trinajstić information content (AvgIpc) is 3.28. The number of carbonyl (C=O) groups excluding carboxylic acids is 1. The zero-order valence-electron chi connectivity index (χ0n) is 15.3. The van der Waals surface area contributed by atoms with Gasteiger partial charge in [-0.3, -0.25) is 4.79 Å². The minimum Gasteiger partial charge on any atom is -0.352 e. The minimum atomic E-state index is -0.0253. The number of hydrogen-bond donors (Lipinski definition) is 1. The molecule has 0 atom stereocenters. The minimum absolute atomic E-state index is 0.0253. The standard InChI is InChI=1S/C23H20N4O/c28-22(16-18-9-11-20(12-10-18)19-6-2-1-3-7-19)25-17-21-8-4-13-24-23(21)27-15-5-14-26-27/h1-15H,16-17H2,(H,25,28). The van der Waals surface area contributed by atoms with Gasteiger partial charge in [0, 0.05) is 30.7 Å². The summed E-state index contributed by atoms with van der Waals surface area (Å²) in [5, 5.41) is 7.19. The Hall–Kier alpha value is -3.73. The molecule has 2 aromatic carbocycles. The van der Waals surface area contributed by atoms with Crippen LogP contribution in [0.5, 0.6) is 0 Å². The molecule has 2 aromatic heterocycles. The van der Waals surface area contributed by atoms with E-state index in [-0.39, 0.29) is 5.91 Å². The smallest absolute Gasteiger partial charge is 0.224 e. The fourth-order valence-corrected chi connectivity index (χ4v) is 3.06. The van der Waals surface area contributed by atoms with Crippen LogP contribution in [0.1, 0.15) is 11.1 Å². The van der Waals surface area contributed by atoms with Crippen LogP contribution in [-0.4, -0.2) is 20.7 Å². The van der Waals surface area contributed by atoms with E-state index < -0.39 is 0 Å². The van der Waals surface area contributed by atoms with Gasteiger partial charge in [0.05, 0.1) is 6.42 Å². The molecule has 0 aliphatic heterocycles. The number of rotatable bonds is 6. The van der Waals surface area contributed by atoms with E-state index in [1.807, 2.05) is 54.7 Å². The van der Waals surface area contributed by atoms with Crippen molar-refractivity contribution in [1.82, 2.24) is 20.1 Å². The maximum atomic E-state index is 12.4. The second kappa shape index (κ2) is 8.31. The summed E-state index contributed by atoms with van der Waals surface area (Å²) < 4.78 is 1.70. The van der Waals surface area contributed by atoms with Crippen LogP contribution >= 0.6 is 0 Å². The molecular formula is C23H20N4O. The van der Waals surface area contributed by atoms with E-state index >= 15 is 0 Å². The third-order valence-electron chi connectivity index (χ3n) is 4.49. The van der Waals surface area contributed by atoms with Gasteiger partial charge in [0.1, 0.15) is 0 Å². The average molecular weight is 368 g/mol. The number of hydrogen-bond acceptors (Lipinski definition) is 3. The molecule has 0 unspecified atom stereocenters. The van der Waals surface area contributed by atoms with Gasteiger partial charge in [-0.2, -0.15) is 5.10 Å². The molecular weight excluding hydrogens is 348 g/mol. The number of nitrogens with zero attached hydrogens (tertiary/aromatic N) is 3. The predicted molar refractivity (Wildman–Crippen MR) is 109 cm³/mol. The van der Waals surface area contributed by atoms with Gasteiger partial charge in [0.15, 0.2) is 5.82 Å². The Balaban J connectivity index is 1.38. The number of amides is 1. The lowest BCUT2D eigenvalue weighted by Gasteiger charge is -2.10. The molecule has 0 saturated carbocycles. The fourth-order valence-electron chi connectivity index (χ4n) is 3.06. The predicted octanol–water partition coefficient (Wildman–Crippen LogP) is 3.79. The highest BCUT2D eigenvalue weighted by atomic mass is 16.1. The topological polar surface area (TPSA) is 59.8 Å². The molecule has 5 nitrogen and oxygen atoms in total. The van der Waals surface area contributed by atoms with Crippen molar-refractivity contribution in [2.24, 2.45) is 0 Å². The van der Waals surface area contributed by atoms with E-state index in [0.29, 0.717) is 13.0 Å². The van der Waals surface area contributed by atoms with Crippen LogP contribution in [-0.2, 0) is 17.8 Å². The molecule has 2 heterocycles. The summed E-state index contributed by atoms with van der Waals surface area (Å²) in [5.74, 6) is 0.697. The van der Waals surface area contributed by atoms with Crippen molar-refractivity contribution in [3.63, 3.8) is 0 Å².